The van der Waals surface area contributed by atoms with Crippen molar-refractivity contribution >= 4 is 31.7 Å². The molecule has 1 aromatic carbocycles. The molecule has 1 aliphatic rings. The highest BCUT2D eigenvalue weighted by Gasteiger charge is 2.34. The lowest BCUT2D eigenvalue weighted by Crippen LogP contribution is -2.20. The molecule has 0 amide bonds. The average Bonchev–Trinajstić information content (AvgIpc) is 2.80. The smallest absolute Gasteiger partial charge is 0.341 e. The van der Waals surface area contributed by atoms with Crippen molar-refractivity contribution in [3.63, 3.8) is 0 Å². The second-order valence-electron chi connectivity index (χ2n) is 4.92. The van der Waals surface area contributed by atoms with Crippen LogP contribution in [-0.4, -0.2) is 32.0 Å². The largest absolute Gasteiger partial charge is 0.459 e. The Morgan fingerprint density at radius 3 is 2.70 bits per heavy atom. The van der Waals surface area contributed by atoms with Crippen LogP contribution in [0.3, 0.4) is 0 Å². The van der Waals surface area contributed by atoms with E-state index >= 15 is 0 Å². The summed E-state index contributed by atoms with van der Waals surface area (Å²) in [6.45, 7) is 0. The summed E-state index contributed by atoms with van der Waals surface area (Å²) in [5.74, 6) is -1.42. The minimum Gasteiger partial charge on any atom is -0.459 e. The van der Waals surface area contributed by atoms with E-state index in [1.165, 1.54) is 24.5 Å². The first-order valence-electron chi connectivity index (χ1n) is 6.12. The lowest BCUT2D eigenvalue weighted by molar-refractivity contribution is 0.0313. The van der Waals surface area contributed by atoms with Gasteiger partial charge in [0.05, 0.1) is 10.8 Å². The number of hydrogen-bond acceptors (Lipinski definition) is 4. The molecule has 0 aliphatic heterocycles. The molecule has 1 saturated carbocycles. The normalized spacial score (nSPS) is 22.8. The quantitative estimate of drug-likeness (QED) is 0.773. The Bertz CT molecular complexity index is 629. The van der Waals surface area contributed by atoms with Crippen molar-refractivity contribution in [3.8, 4) is 0 Å². The van der Waals surface area contributed by atoms with E-state index in [0.717, 1.165) is 0 Å². The molecule has 0 spiro atoms. The molecule has 0 unspecified atom stereocenters. The number of esters is 1. The number of hydrogen-bond donors (Lipinski definition) is 0. The molecule has 0 bridgehead atoms. The molecule has 2 atom stereocenters. The van der Waals surface area contributed by atoms with Crippen molar-refractivity contribution in [1.82, 2.24) is 0 Å². The summed E-state index contributed by atoms with van der Waals surface area (Å²) >= 11 is 3.16. The Morgan fingerprint density at radius 1 is 1.40 bits per heavy atom. The zero-order valence-electron chi connectivity index (χ0n) is 10.8. The zero-order chi connectivity index (χ0) is 14.9. The molecule has 1 fully saturated rings. The zero-order valence-corrected chi connectivity index (χ0v) is 13.2. The molecule has 20 heavy (non-hydrogen) atoms. The third kappa shape index (κ3) is 3.58. The summed E-state index contributed by atoms with van der Waals surface area (Å²) in [6, 6.07) is 4.01. The van der Waals surface area contributed by atoms with Gasteiger partial charge in [0.15, 0.2) is 0 Å². The van der Waals surface area contributed by atoms with Gasteiger partial charge < -0.3 is 4.74 Å². The van der Waals surface area contributed by atoms with Gasteiger partial charge in [0.2, 0.25) is 0 Å². The highest BCUT2D eigenvalue weighted by Crippen LogP contribution is 2.28. The van der Waals surface area contributed by atoms with Crippen LogP contribution in [0.15, 0.2) is 22.7 Å². The third-order valence-electron chi connectivity index (χ3n) is 3.36. The van der Waals surface area contributed by atoms with Crippen LogP contribution in [0.4, 0.5) is 4.39 Å². The van der Waals surface area contributed by atoms with Crippen molar-refractivity contribution < 1.29 is 22.3 Å². The van der Waals surface area contributed by atoms with E-state index in [1.54, 1.807) is 0 Å². The van der Waals surface area contributed by atoms with Gasteiger partial charge in [-0.05, 0) is 31.0 Å². The van der Waals surface area contributed by atoms with E-state index in [9.17, 15) is 17.6 Å². The second kappa shape index (κ2) is 5.81. The molecule has 1 aromatic rings. The van der Waals surface area contributed by atoms with Gasteiger partial charge >= 0.3 is 5.97 Å². The molecule has 2 rings (SSSR count). The van der Waals surface area contributed by atoms with Crippen LogP contribution in [0.5, 0.6) is 0 Å². The molecule has 0 radical (unpaired) electrons. The van der Waals surface area contributed by atoms with E-state index in [0.29, 0.717) is 17.3 Å². The van der Waals surface area contributed by atoms with Gasteiger partial charge in [-0.3, -0.25) is 0 Å². The number of carbonyl (C=O) groups is 1. The van der Waals surface area contributed by atoms with Gasteiger partial charge in [0, 0.05) is 17.1 Å². The second-order valence-corrected chi connectivity index (χ2v) is 8.16. The Balaban J connectivity index is 2.05. The first-order chi connectivity index (χ1) is 9.27. The van der Waals surface area contributed by atoms with Crippen LogP contribution in [0.25, 0.3) is 0 Å². The van der Waals surface area contributed by atoms with Crippen molar-refractivity contribution in [2.24, 2.45) is 0 Å². The van der Waals surface area contributed by atoms with Crippen molar-refractivity contribution in [2.45, 2.75) is 30.6 Å². The SMILES string of the molecule is CS(=O)(=O)[C@H]1CC[C@H](OC(=O)c2cc(Br)ccc2F)C1. The maximum absolute atomic E-state index is 13.5. The van der Waals surface area contributed by atoms with Gasteiger partial charge in [0.1, 0.15) is 21.8 Å². The number of rotatable bonds is 3. The Morgan fingerprint density at radius 2 is 2.10 bits per heavy atom. The molecule has 0 saturated heterocycles. The molecule has 0 heterocycles. The summed E-state index contributed by atoms with van der Waals surface area (Å²) in [5.41, 5.74) is -0.151. The van der Waals surface area contributed by atoms with Gasteiger partial charge in [-0.15, -0.1) is 0 Å². The number of ether oxygens (including phenoxy) is 1. The summed E-state index contributed by atoms with van der Waals surface area (Å²) < 4.78 is 42.2. The summed E-state index contributed by atoms with van der Waals surface area (Å²) in [6.07, 6.45) is 1.94. The van der Waals surface area contributed by atoms with E-state index in [4.69, 9.17) is 4.74 Å². The molecular formula is C13H14BrFO4S. The topological polar surface area (TPSA) is 60.4 Å². The Kier molecular flexibility index (Phi) is 4.49. The first kappa shape index (κ1) is 15.4. The molecule has 0 N–H and O–H groups in total. The number of benzene rings is 1. The van der Waals surface area contributed by atoms with Crippen molar-refractivity contribution in [2.75, 3.05) is 6.26 Å². The standard InChI is InChI=1S/C13H14BrFO4S/c1-20(17,18)10-4-3-9(7-10)19-13(16)11-6-8(14)2-5-12(11)15/h2,5-6,9-10H,3-4,7H2,1H3/t9-,10-/m0/s1. The van der Waals surface area contributed by atoms with Gasteiger partial charge in [-0.1, -0.05) is 15.9 Å². The number of halogens is 2. The summed E-state index contributed by atoms with van der Waals surface area (Å²) in [4.78, 5) is 11.9. The predicted octanol–water partition coefficient (Wildman–Crippen LogP) is 2.71. The van der Waals surface area contributed by atoms with Gasteiger partial charge in [0.25, 0.3) is 0 Å². The lowest BCUT2D eigenvalue weighted by atomic mass is 10.2. The van der Waals surface area contributed by atoms with Crippen molar-refractivity contribution in [1.29, 1.82) is 0 Å². The highest BCUT2D eigenvalue weighted by molar-refractivity contribution is 9.10. The summed E-state index contributed by atoms with van der Waals surface area (Å²) in [7, 11) is -3.12. The predicted molar refractivity (Wildman–Crippen MR) is 75.8 cm³/mol. The fraction of sp³-hybridized carbons (Fsp3) is 0.462. The molecule has 7 heteroatoms. The van der Waals surface area contributed by atoms with E-state index in [1.807, 2.05) is 0 Å². The third-order valence-corrected chi connectivity index (χ3v) is 5.50. The van der Waals surface area contributed by atoms with E-state index in [2.05, 4.69) is 15.9 Å². The average molecular weight is 365 g/mol. The molecule has 4 nitrogen and oxygen atoms in total. The molecule has 110 valence electrons. The molecule has 0 aromatic heterocycles. The Labute approximate surface area is 125 Å². The first-order valence-corrected chi connectivity index (χ1v) is 8.87. The van der Waals surface area contributed by atoms with Crippen LogP contribution in [0.2, 0.25) is 0 Å². The van der Waals surface area contributed by atoms with Crippen LogP contribution < -0.4 is 0 Å². The van der Waals surface area contributed by atoms with Crippen LogP contribution in [0.1, 0.15) is 29.6 Å². The minimum absolute atomic E-state index is 0.151. The monoisotopic (exact) mass is 364 g/mol. The molecule has 1 aliphatic carbocycles. The van der Waals surface area contributed by atoms with Crippen LogP contribution in [-0.2, 0) is 14.6 Å². The maximum Gasteiger partial charge on any atom is 0.341 e. The summed E-state index contributed by atoms with van der Waals surface area (Å²) in [5, 5.41) is -0.479. The van der Waals surface area contributed by atoms with Crippen LogP contribution >= 0.6 is 15.9 Å². The molecular weight excluding hydrogens is 351 g/mol. The maximum atomic E-state index is 13.5. The van der Waals surface area contributed by atoms with E-state index < -0.39 is 33.0 Å². The Hall–Kier alpha value is -0.950. The van der Waals surface area contributed by atoms with Crippen molar-refractivity contribution in [3.05, 3.63) is 34.1 Å². The lowest BCUT2D eigenvalue weighted by Gasteiger charge is -2.12. The number of carbonyl (C=O) groups excluding carboxylic acids is 1. The van der Waals surface area contributed by atoms with E-state index in [-0.39, 0.29) is 12.0 Å². The van der Waals surface area contributed by atoms with Crippen LogP contribution in [0, 0.1) is 5.82 Å². The minimum atomic E-state index is -3.12. The fourth-order valence-electron chi connectivity index (χ4n) is 2.27. The fourth-order valence-corrected chi connectivity index (χ4v) is 3.75. The van der Waals surface area contributed by atoms with Gasteiger partial charge in [-0.25, -0.2) is 17.6 Å². The highest BCUT2D eigenvalue weighted by atomic mass is 79.9. The van der Waals surface area contributed by atoms with Gasteiger partial charge in [-0.2, -0.15) is 0 Å². The number of sulfone groups is 1.